The first-order chi connectivity index (χ1) is 11.2. The van der Waals surface area contributed by atoms with Crippen molar-refractivity contribution in [2.24, 2.45) is 0 Å². The van der Waals surface area contributed by atoms with E-state index >= 15 is 0 Å². The fraction of sp³-hybridized carbons (Fsp3) is 0.235. The number of rotatable bonds is 7. The number of benzene rings is 2. The Morgan fingerprint density at radius 1 is 0.913 bits per heavy atom. The largest absolute Gasteiger partial charge is 0.497 e. The highest BCUT2D eigenvalue weighted by molar-refractivity contribution is 5.95. The van der Waals surface area contributed by atoms with Gasteiger partial charge >= 0.3 is 0 Å². The lowest BCUT2D eigenvalue weighted by Gasteiger charge is -2.13. The molecule has 1 amide bonds. The number of carbonyl (C=O) groups excluding carboxylic acids is 1. The number of anilines is 2. The third-order valence-corrected chi connectivity index (χ3v) is 3.23. The van der Waals surface area contributed by atoms with Crippen LogP contribution in [0.4, 0.5) is 11.4 Å². The van der Waals surface area contributed by atoms with Gasteiger partial charge in [0.25, 0.3) is 0 Å². The van der Waals surface area contributed by atoms with Crippen LogP contribution in [0.1, 0.15) is 0 Å². The summed E-state index contributed by atoms with van der Waals surface area (Å²) >= 11 is 0. The van der Waals surface area contributed by atoms with Crippen LogP contribution in [0, 0.1) is 0 Å². The summed E-state index contributed by atoms with van der Waals surface area (Å²) in [5.41, 5.74) is 1.31. The molecule has 0 aliphatic rings. The Hall–Kier alpha value is -2.89. The van der Waals surface area contributed by atoms with Gasteiger partial charge in [-0.2, -0.15) is 0 Å². The molecule has 0 atom stereocenters. The highest BCUT2D eigenvalue weighted by Crippen LogP contribution is 2.29. The van der Waals surface area contributed by atoms with Crippen molar-refractivity contribution in [3.05, 3.63) is 42.5 Å². The molecule has 0 aromatic heterocycles. The van der Waals surface area contributed by atoms with E-state index in [9.17, 15) is 4.79 Å². The first-order valence-corrected chi connectivity index (χ1v) is 7.06. The van der Waals surface area contributed by atoms with Gasteiger partial charge in [0.1, 0.15) is 17.2 Å². The van der Waals surface area contributed by atoms with Crippen molar-refractivity contribution in [3.8, 4) is 17.2 Å². The highest BCUT2D eigenvalue weighted by atomic mass is 16.5. The van der Waals surface area contributed by atoms with E-state index in [-0.39, 0.29) is 12.5 Å². The van der Waals surface area contributed by atoms with E-state index in [1.165, 1.54) is 0 Å². The molecule has 0 heterocycles. The van der Waals surface area contributed by atoms with Crippen molar-refractivity contribution in [2.75, 3.05) is 38.5 Å². The van der Waals surface area contributed by atoms with Gasteiger partial charge in [0.15, 0.2) is 0 Å². The van der Waals surface area contributed by atoms with Crippen LogP contribution in [-0.4, -0.2) is 33.8 Å². The smallest absolute Gasteiger partial charge is 0.243 e. The summed E-state index contributed by atoms with van der Waals surface area (Å²) in [6, 6.07) is 12.6. The lowest BCUT2D eigenvalue weighted by atomic mass is 10.2. The van der Waals surface area contributed by atoms with Gasteiger partial charge in [0, 0.05) is 6.07 Å². The van der Waals surface area contributed by atoms with Crippen LogP contribution in [0.25, 0.3) is 0 Å². The maximum atomic E-state index is 12.1. The van der Waals surface area contributed by atoms with Gasteiger partial charge in [-0.3, -0.25) is 4.79 Å². The van der Waals surface area contributed by atoms with E-state index in [1.54, 1.807) is 39.5 Å². The summed E-state index contributed by atoms with van der Waals surface area (Å²) in [6.45, 7) is 0.0980. The second-order valence-corrected chi connectivity index (χ2v) is 4.67. The third kappa shape index (κ3) is 4.29. The summed E-state index contributed by atoms with van der Waals surface area (Å²) in [5, 5.41) is 5.84. The minimum absolute atomic E-state index is 0.0980. The highest BCUT2D eigenvalue weighted by Gasteiger charge is 2.10. The fourth-order valence-electron chi connectivity index (χ4n) is 2.07. The summed E-state index contributed by atoms with van der Waals surface area (Å²) in [5.74, 6) is 1.68. The third-order valence-electron chi connectivity index (χ3n) is 3.23. The standard InChI is InChI=1S/C17H20N2O4/c1-21-12-8-9-16(23-3)14(10-12)19-17(20)11-18-13-6-4-5-7-15(13)22-2/h4-10,18H,11H2,1-3H3,(H,19,20). The Morgan fingerprint density at radius 3 is 2.30 bits per heavy atom. The quantitative estimate of drug-likeness (QED) is 0.822. The molecule has 2 rings (SSSR count). The van der Waals surface area contributed by atoms with E-state index in [0.717, 1.165) is 5.69 Å². The maximum Gasteiger partial charge on any atom is 0.243 e. The molecule has 6 heteroatoms. The van der Waals surface area contributed by atoms with Crippen molar-refractivity contribution in [1.29, 1.82) is 0 Å². The molecule has 0 saturated heterocycles. The molecule has 0 fully saturated rings. The van der Waals surface area contributed by atoms with E-state index in [1.807, 2.05) is 24.3 Å². The van der Waals surface area contributed by atoms with Gasteiger partial charge in [-0.15, -0.1) is 0 Å². The number of amides is 1. The number of ether oxygens (including phenoxy) is 3. The van der Waals surface area contributed by atoms with Crippen LogP contribution >= 0.6 is 0 Å². The van der Waals surface area contributed by atoms with Gasteiger partial charge in [0.2, 0.25) is 5.91 Å². The molecule has 0 aliphatic carbocycles. The lowest BCUT2D eigenvalue weighted by molar-refractivity contribution is -0.114. The zero-order valence-electron chi connectivity index (χ0n) is 13.4. The zero-order valence-corrected chi connectivity index (χ0v) is 13.4. The molecule has 0 spiro atoms. The van der Waals surface area contributed by atoms with Gasteiger partial charge in [-0.1, -0.05) is 12.1 Å². The van der Waals surface area contributed by atoms with Crippen LogP contribution in [0.2, 0.25) is 0 Å². The van der Waals surface area contributed by atoms with Crippen molar-refractivity contribution < 1.29 is 19.0 Å². The molecule has 0 saturated carbocycles. The molecule has 23 heavy (non-hydrogen) atoms. The molecule has 0 aliphatic heterocycles. The number of carbonyl (C=O) groups is 1. The van der Waals surface area contributed by atoms with E-state index in [0.29, 0.717) is 22.9 Å². The number of nitrogens with one attached hydrogen (secondary N) is 2. The van der Waals surface area contributed by atoms with Crippen LogP contribution in [0.5, 0.6) is 17.2 Å². The SMILES string of the molecule is COc1ccc(OC)c(NC(=O)CNc2ccccc2OC)c1. The lowest BCUT2D eigenvalue weighted by Crippen LogP contribution is -2.22. The monoisotopic (exact) mass is 316 g/mol. The Balaban J connectivity index is 2.02. The molecule has 6 nitrogen and oxygen atoms in total. The van der Waals surface area contributed by atoms with Crippen molar-refractivity contribution in [1.82, 2.24) is 0 Å². The minimum atomic E-state index is -0.206. The molecule has 0 unspecified atom stereocenters. The topological polar surface area (TPSA) is 68.8 Å². The number of methoxy groups -OCH3 is 3. The van der Waals surface area contributed by atoms with Gasteiger partial charge in [-0.05, 0) is 24.3 Å². The van der Waals surface area contributed by atoms with E-state index < -0.39 is 0 Å². The van der Waals surface area contributed by atoms with Crippen LogP contribution in [0.15, 0.2) is 42.5 Å². The summed E-state index contributed by atoms with van der Waals surface area (Å²) in [6.07, 6.45) is 0. The van der Waals surface area contributed by atoms with Crippen LogP contribution in [0.3, 0.4) is 0 Å². The number of para-hydroxylation sites is 2. The normalized spacial score (nSPS) is 9.87. The average Bonchev–Trinajstić information content (AvgIpc) is 2.60. The summed E-state index contributed by atoms with van der Waals surface area (Å²) < 4.78 is 15.6. The number of hydrogen-bond donors (Lipinski definition) is 2. The fourth-order valence-corrected chi connectivity index (χ4v) is 2.07. The number of hydrogen-bond acceptors (Lipinski definition) is 5. The summed E-state index contributed by atoms with van der Waals surface area (Å²) in [4.78, 5) is 12.1. The van der Waals surface area contributed by atoms with Gasteiger partial charge in [-0.25, -0.2) is 0 Å². The second-order valence-electron chi connectivity index (χ2n) is 4.67. The van der Waals surface area contributed by atoms with Crippen molar-refractivity contribution >= 4 is 17.3 Å². The molecule has 0 radical (unpaired) electrons. The zero-order chi connectivity index (χ0) is 16.7. The molecule has 2 aromatic rings. The van der Waals surface area contributed by atoms with Gasteiger partial charge < -0.3 is 24.8 Å². The molecule has 0 bridgehead atoms. The molecular weight excluding hydrogens is 296 g/mol. The van der Waals surface area contributed by atoms with Crippen LogP contribution in [-0.2, 0) is 4.79 Å². The Bertz CT molecular complexity index is 673. The summed E-state index contributed by atoms with van der Waals surface area (Å²) in [7, 11) is 4.70. The predicted octanol–water partition coefficient (Wildman–Crippen LogP) is 2.76. The molecule has 2 N–H and O–H groups in total. The first-order valence-electron chi connectivity index (χ1n) is 7.06. The Kier molecular flexibility index (Phi) is 5.68. The molecule has 122 valence electrons. The van der Waals surface area contributed by atoms with E-state index in [4.69, 9.17) is 14.2 Å². The van der Waals surface area contributed by atoms with Crippen LogP contribution < -0.4 is 24.8 Å². The van der Waals surface area contributed by atoms with Crippen molar-refractivity contribution in [2.45, 2.75) is 0 Å². The average molecular weight is 316 g/mol. The predicted molar refractivity (Wildman–Crippen MR) is 89.7 cm³/mol. The molecular formula is C17H20N2O4. The maximum absolute atomic E-state index is 12.1. The minimum Gasteiger partial charge on any atom is -0.497 e. The first kappa shape index (κ1) is 16.5. The van der Waals surface area contributed by atoms with Gasteiger partial charge in [0.05, 0.1) is 39.2 Å². The van der Waals surface area contributed by atoms with Crippen molar-refractivity contribution in [3.63, 3.8) is 0 Å². The Morgan fingerprint density at radius 2 is 1.61 bits per heavy atom. The second kappa shape index (κ2) is 7.93. The Labute approximate surface area is 135 Å². The molecule has 2 aromatic carbocycles. The van der Waals surface area contributed by atoms with E-state index in [2.05, 4.69) is 10.6 Å².